The summed E-state index contributed by atoms with van der Waals surface area (Å²) in [5, 5.41) is 23.6. The van der Waals surface area contributed by atoms with Gasteiger partial charge in [-0.15, -0.1) is 0 Å². The molecular formula is C32H43NO4. The summed E-state index contributed by atoms with van der Waals surface area (Å²) in [6.45, 7) is 13.6. The number of aromatic nitrogens is 1. The van der Waals surface area contributed by atoms with Gasteiger partial charge in [0.25, 0.3) is 0 Å². The van der Waals surface area contributed by atoms with Crippen LogP contribution in [-0.4, -0.2) is 41.6 Å². The number of benzene rings is 1. The van der Waals surface area contributed by atoms with Crippen LogP contribution < -0.4 is 0 Å². The molecule has 0 spiro atoms. The molecule has 2 atom stereocenters. The van der Waals surface area contributed by atoms with E-state index in [1.165, 1.54) is 5.56 Å². The van der Waals surface area contributed by atoms with Crippen molar-refractivity contribution in [2.75, 3.05) is 26.4 Å². The summed E-state index contributed by atoms with van der Waals surface area (Å²) in [6.07, 6.45) is 4.76. The van der Waals surface area contributed by atoms with Crippen molar-refractivity contribution in [2.24, 2.45) is 5.41 Å². The first-order chi connectivity index (χ1) is 17.5. The first-order valence-electron chi connectivity index (χ1n) is 13.9. The molecule has 37 heavy (non-hydrogen) atoms. The largest absolute Gasteiger partial charge is 0.388 e. The number of fused-ring (bicyclic) bond motifs is 1. The maximum Gasteiger partial charge on any atom is 0.106 e. The summed E-state index contributed by atoms with van der Waals surface area (Å²) in [5.74, 6) is 0.221. The van der Waals surface area contributed by atoms with Crippen LogP contribution in [0.4, 0.5) is 0 Å². The smallest absolute Gasteiger partial charge is 0.106 e. The van der Waals surface area contributed by atoms with Gasteiger partial charge in [0.1, 0.15) is 6.10 Å². The second kappa shape index (κ2) is 10.3. The molecule has 5 rings (SSSR count). The number of aliphatic hydroxyl groups excluding tert-OH is 2. The van der Waals surface area contributed by atoms with E-state index in [1.54, 1.807) is 0 Å². The summed E-state index contributed by atoms with van der Waals surface area (Å²) < 4.78 is 11.4. The maximum absolute atomic E-state index is 12.1. The average Bonchev–Trinajstić information content (AvgIpc) is 2.87. The molecule has 1 aliphatic carbocycles. The molecular weight excluding hydrogens is 462 g/mol. The quantitative estimate of drug-likeness (QED) is 0.520. The summed E-state index contributed by atoms with van der Waals surface area (Å²) in [7, 11) is 0. The minimum Gasteiger partial charge on any atom is -0.388 e. The minimum atomic E-state index is -0.828. The molecule has 0 radical (unpaired) electrons. The molecule has 5 nitrogen and oxygen atoms in total. The molecule has 200 valence electrons. The Morgan fingerprint density at radius 3 is 2.35 bits per heavy atom. The Labute approximate surface area is 221 Å². The van der Waals surface area contributed by atoms with E-state index < -0.39 is 12.2 Å². The fraction of sp³-hybridized carbons (Fsp3) is 0.594. The molecule has 0 amide bonds. The van der Waals surface area contributed by atoms with E-state index in [0.29, 0.717) is 32.8 Å². The maximum atomic E-state index is 12.1. The van der Waals surface area contributed by atoms with Crippen molar-refractivity contribution in [2.45, 2.75) is 90.3 Å². The summed E-state index contributed by atoms with van der Waals surface area (Å²) in [6, 6.07) is 8.37. The highest BCUT2D eigenvalue weighted by Crippen LogP contribution is 2.48. The highest BCUT2D eigenvalue weighted by Gasteiger charge is 2.39. The van der Waals surface area contributed by atoms with Gasteiger partial charge >= 0.3 is 0 Å². The van der Waals surface area contributed by atoms with Crippen LogP contribution in [0.15, 0.2) is 30.3 Å². The highest BCUT2D eigenvalue weighted by atomic mass is 16.5. The Bertz CT molecular complexity index is 1150. The van der Waals surface area contributed by atoms with Crippen molar-refractivity contribution in [3.8, 4) is 0 Å². The lowest BCUT2D eigenvalue weighted by Gasteiger charge is -2.39. The van der Waals surface area contributed by atoms with Gasteiger partial charge in [-0.1, -0.05) is 65.0 Å². The van der Waals surface area contributed by atoms with Gasteiger partial charge in [-0.3, -0.25) is 4.98 Å². The Morgan fingerprint density at radius 1 is 1.03 bits per heavy atom. The van der Waals surface area contributed by atoms with E-state index in [-0.39, 0.29) is 16.7 Å². The molecule has 1 fully saturated rings. The van der Waals surface area contributed by atoms with E-state index in [2.05, 4.69) is 65.0 Å². The topological polar surface area (TPSA) is 71.8 Å². The molecule has 5 heteroatoms. The van der Waals surface area contributed by atoms with Crippen molar-refractivity contribution in [1.29, 1.82) is 0 Å². The molecule has 1 saturated heterocycles. The SMILES string of the molecule is CC1(C)Cc2nc(C3CCOCC3)c(C(O)c3ccc(C(C)(C)C)cc3)c(C3=CCOCC3)c2C(O)C1. The van der Waals surface area contributed by atoms with Crippen molar-refractivity contribution in [1.82, 2.24) is 4.98 Å². The fourth-order valence-electron chi connectivity index (χ4n) is 6.32. The van der Waals surface area contributed by atoms with Gasteiger partial charge in [-0.05, 0) is 65.2 Å². The van der Waals surface area contributed by atoms with Gasteiger partial charge < -0.3 is 19.7 Å². The second-order valence-corrected chi connectivity index (χ2v) is 12.9. The van der Waals surface area contributed by atoms with Crippen molar-refractivity contribution in [3.05, 3.63) is 69.5 Å². The van der Waals surface area contributed by atoms with Crippen LogP contribution in [0.25, 0.3) is 5.57 Å². The van der Waals surface area contributed by atoms with E-state index in [9.17, 15) is 10.2 Å². The Hall–Kier alpha value is -2.05. The fourth-order valence-corrected chi connectivity index (χ4v) is 6.32. The predicted octanol–water partition coefficient (Wildman–Crippen LogP) is 6.16. The number of aliphatic hydroxyl groups is 2. The lowest BCUT2D eigenvalue weighted by atomic mass is 9.70. The molecule has 2 aliphatic heterocycles. The molecule has 3 heterocycles. The first kappa shape index (κ1) is 26.6. The summed E-state index contributed by atoms with van der Waals surface area (Å²) in [5.41, 5.74) is 8.07. The molecule has 2 N–H and O–H groups in total. The first-order valence-corrected chi connectivity index (χ1v) is 13.9. The Kier molecular flexibility index (Phi) is 7.36. The Balaban J connectivity index is 1.74. The van der Waals surface area contributed by atoms with Crippen LogP contribution in [0.1, 0.15) is 118 Å². The predicted molar refractivity (Wildman–Crippen MR) is 147 cm³/mol. The van der Waals surface area contributed by atoms with E-state index in [4.69, 9.17) is 14.5 Å². The Morgan fingerprint density at radius 2 is 1.73 bits per heavy atom. The van der Waals surface area contributed by atoms with Crippen LogP contribution >= 0.6 is 0 Å². The van der Waals surface area contributed by atoms with E-state index >= 15 is 0 Å². The van der Waals surface area contributed by atoms with Crippen LogP contribution in [0, 0.1) is 5.41 Å². The average molecular weight is 506 g/mol. The molecule has 2 aromatic rings. The lowest BCUT2D eigenvalue weighted by molar-refractivity contribution is 0.0823. The molecule has 1 aromatic carbocycles. The molecule has 1 aromatic heterocycles. The van der Waals surface area contributed by atoms with Gasteiger partial charge in [-0.2, -0.15) is 0 Å². The second-order valence-electron chi connectivity index (χ2n) is 12.9. The van der Waals surface area contributed by atoms with Crippen LogP contribution in [0.3, 0.4) is 0 Å². The zero-order valence-electron chi connectivity index (χ0n) is 23.1. The van der Waals surface area contributed by atoms with Gasteiger partial charge in [0.05, 0.1) is 25.0 Å². The van der Waals surface area contributed by atoms with Crippen LogP contribution in [0.5, 0.6) is 0 Å². The zero-order chi connectivity index (χ0) is 26.4. The van der Waals surface area contributed by atoms with Crippen molar-refractivity contribution >= 4 is 5.57 Å². The molecule has 2 unspecified atom stereocenters. The van der Waals surface area contributed by atoms with Crippen LogP contribution in [-0.2, 0) is 21.3 Å². The molecule has 0 bridgehead atoms. The van der Waals surface area contributed by atoms with Gasteiger partial charge in [0.15, 0.2) is 0 Å². The number of hydrogen-bond acceptors (Lipinski definition) is 5. The third-order valence-corrected chi connectivity index (χ3v) is 8.36. The van der Waals surface area contributed by atoms with Crippen molar-refractivity contribution < 1.29 is 19.7 Å². The van der Waals surface area contributed by atoms with E-state index in [1.807, 2.05) is 0 Å². The highest BCUT2D eigenvalue weighted by molar-refractivity contribution is 5.75. The monoisotopic (exact) mass is 505 g/mol. The molecule has 3 aliphatic rings. The number of hydrogen-bond donors (Lipinski definition) is 2. The lowest BCUT2D eigenvalue weighted by Crippen LogP contribution is -2.30. The third-order valence-electron chi connectivity index (χ3n) is 8.36. The normalized spacial score (nSPS) is 23.3. The third kappa shape index (κ3) is 5.42. The summed E-state index contributed by atoms with van der Waals surface area (Å²) in [4.78, 5) is 5.31. The number of ether oxygens (including phenoxy) is 2. The standard InChI is InChI=1S/C32H43NO4/c1-31(2,3)23-8-6-22(7-9-23)30(35)28-26(20-10-14-36-15-11-20)27-24(18-32(4,5)19-25(27)34)33-29(28)21-12-16-37-17-13-21/h6-10,21,25,30,34-35H,11-19H2,1-5H3. The van der Waals surface area contributed by atoms with Gasteiger partial charge in [-0.25, -0.2) is 0 Å². The molecule has 0 saturated carbocycles. The zero-order valence-corrected chi connectivity index (χ0v) is 23.1. The number of nitrogens with zero attached hydrogens (tertiary/aromatic N) is 1. The summed E-state index contributed by atoms with van der Waals surface area (Å²) >= 11 is 0. The number of pyridine rings is 1. The van der Waals surface area contributed by atoms with Gasteiger partial charge in [0.2, 0.25) is 0 Å². The van der Waals surface area contributed by atoms with Gasteiger partial charge in [0, 0.05) is 36.0 Å². The van der Waals surface area contributed by atoms with Crippen molar-refractivity contribution in [3.63, 3.8) is 0 Å². The van der Waals surface area contributed by atoms with E-state index in [0.717, 1.165) is 64.9 Å². The number of rotatable bonds is 4. The minimum absolute atomic E-state index is 0.0311. The van der Waals surface area contributed by atoms with Crippen LogP contribution in [0.2, 0.25) is 0 Å².